The van der Waals surface area contributed by atoms with Crippen LogP contribution in [-0.2, 0) is 38.0 Å². The smallest absolute Gasteiger partial charge is 0.404 e. The molecular weight excluding hydrogens is 587 g/mol. The third-order valence-corrected chi connectivity index (χ3v) is 9.58. The first-order chi connectivity index (χ1) is 18.2. The van der Waals surface area contributed by atoms with Crippen LogP contribution in [0.3, 0.4) is 0 Å². The molecule has 0 aliphatic carbocycles. The maximum atomic E-state index is 12.3. The fourth-order valence-corrected chi connectivity index (χ4v) is 7.07. The Morgan fingerprint density at radius 2 is 1.64 bits per heavy atom. The molecule has 1 aliphatic rings. The zero-order chi connectivity index (χ0) is 28.6. The molecule has 4 rings (SSSR count). The highest BCUT2D eigenvalue weighted by Crippen LogP contribution is 2.67. The maximum absolute atomic E-state index is 12.3. The number of imidazole rings is 1. The number of fused-ring (bicyclic) bond motifs is 1. The zero-order valence-electron chi connectivity index (χ0n) is 19.9. The third kappa shape index (κ3) is 7.08. The van der Waals surface area contributed by atoms with Crippen LogP contribution in [0.25, 0.3) is 11.2 Å². The molecule has 0 bridgehead atoms. The molecule has 1 fully saturated rings. The highest BCUT2D eigenvalue weighted by Gasteiger charge is 2.47. The van der Waals surface area contributed by atoms with Crippen LogP contribution in [0.15, 0.2) is 36.9 Å². The summed E-state index contributed by atoms with van der Waals surface area (Å²) in [5, 5.41) is 20.8. The van der Waals surface area contributed by atoms with E-state index in [2.05, 4.69) is 32.6 Å². The first kappa shape index (κ1) is 29.7. The van der Waals surface area contributed by atoms with Crippen LogP contribution >= 0.6 is 23.5 Å². The predicted octanol–water partition coefficient (Wildman–Crippen LogP) is 1.02. The molecule has 2 aromatic heterocycles. The Kier molecular flexibility index (Phi) is 8.59. The van der Waals surface area contributed by atoms with Crippen molar-refractivity contribution in [2.75, 3.05) is 12.3 Å². The lowest BCUT2D eigenvalue weighted by Gasteiger charge is -2.20. The molecule has 1 aromatic carbocycles. The monoisotopic (exact) mass is 611 g/mol. The van der Waals surface area contributed by atoms with Gasteiger partial charge in [0.05, 0.1) is 12.9 Å². The number of benzene rings is 1. The quantitative estimate of drug-likeness (QED) is 0.165. The number of nitrogens with zero attached hydrogens (tertiary/aromatic N) is 4. The lowest BCUT2D eigenvalue weighted by atomic mass is 10.1. The fraction of sp³-hybridized carbons (Fsp3) is 0.389. The molecule has 0 amide bonds. The number of phosphoric ester groups is 2. The van der Waals surface area contributed by atoms with Crippen molar-refractivity contribution in [2.24, 2.45) is 0 Å². The van der Waals surface area contributed by atoms with E-state index in [0.29, 0.717) is 6.42 Å². The fourth-order valence-electron chi connectivity index (χ4n) is 3.56. The molecule has 3 unspecified atom stereocenters. The third-order valence-electron chi connectivity index (χ3n) is 5.37. The number of aliphatic hydroxyl groups excluding tert-OH is 2. The van der Waals surface area contributed by atoms with E-state index < -0.39 is 54.6 Å². The van der Waals surface area contributed by atoms with Crippen molar-refractivity contribution in [3.8, 4) is 5.75 Å². The molecule has 3 heterocycles. The van der Waals surface area contributed by atoms with Gasteiger partial charge < -0.3 is 35.0 Å². The first-order valence-electron chi connectivity index (χ1n) is 11.0. The summed E-state index contributed by atoms with van der Waals surface area (Å²) in [5.41, 5.74) is 6.95. The summed E-state index contributed by atoms with van der Waals surface area (Å²) in [7, 11) is -16.5. The Hall–Kier alpha value is -2.30. The van der Waals surface area contributed by atoms with Gasteiger partial charge in [-0.1, -0.05) is 19.1 Å². The Bertz CT molecular complexity index is 1470. The van der Waals surface area contributed by atoms with Crippen LogP contribution in [-0.4, -0.2) is 69.3 Å². The van der Waals surface area contributed by atoms with Crippen LogP contribution in [0.5, 0.6) is 5.75 Å². The molecule has 7 atom stereocenters. The molecule has 39 heavy (non-hydrogen) atoms. The van der Waals surface area contributed by atoms with E-state index in [-0.39, 0.29) is 22.7 Å². The number of nitrogens with two attached hydrogens (primary N) is 1. The van der Waals surface area contributed by atoms with Crippen LogP contribution in [0.2, 0.25) is 0 Å². The van der Waals surface area contributed by atoms with Crippen LogP contribution in [0.1, 0.15) is 18.7 Å². The summed E-state index contributed by atoms with van der Waals surface area (Å²) < 4.78 is 60.6. The SMILES string of the molecule is CCc1ccc(OP(=O)(O)OP(=O)(O)OP(=O)(O)OC[C@H]2O[C@@H](n3cnc4c(N)ncnc43)[C@H](O)[C@@H]2O)cc1. The van der Waals surface area contributed by atoms with Gasteiger partial charge >= 0.3 is 23.5 Å². The van der Waals surface area contributed by atoms with Crippen molar-refractivity contribution in [3.05, 3.63) is 42.5 Å². The number of hydrogen-bond acceptors (Lipinski definition) is 14. The molecule has 0 saturated carbocycles. The van der Waals surface area contributed by atoms with Gasteiger partial charge in [-0.05, 0) is 24.1 Å². The summed E-state index contributed by atoms with van der Waals surface area (Å²) in [5.74, 6) is -0.144. The van der Waals surface area contributed by atoms with Gasteiger partial charge in [-0.25, -0.2) is 28.6 Å². The van der Waals surface area contributed by atoms with Gasteiger partial charge in [0.2, 0.25) is 0 Å². The summed E-state index contributed by atoms with van der Waals surface area (Å²) in [4.78, 5) is 41.2. The lowest BCUT2D eigenvalue weighted by Crippen LogP contribution is -2.33. The highest BCUT2D eigenvalue weighted by molar-refractivity contribution is 7.67. The van der Waals surface area contributed by atoms with Crippen LogP contribution < -0.4 is 10.3 Å². The molecule has 1 saturated heterocycles. The molecule has 214 valence electrons. The van der Waals surface area contributed by atoms with E-state index in [1.807, 2.05) is 6.92 Å². The van der Waals surface area contributed by atoms with E-state index in [0.717, 1.165) is 11.9 Å². The maximum Gasteiger partial charge on any atom is 0.536 e. The van der Waals surface area contributed by atoms with Crippen molar-refractivity contribution < 1.29 is 61.0 Å². The highest BCUT2D eigenvalue weighted by atomic mass is 31.3. The largest absolute Gasteiger partial charge is 0.536 e. The number of nitrogen functional groups attached to an aromatic ring is 1. The molecule has 21 heteroatoms. The normalized spacial score (nSPS) is 26.1. The number of aryl methyl sites for hydroxylation is 1. The van der Waals surface area contributed by atoms with Crippen molar-refractivity contribution in [1.82, 2.24) is 19.5 Å². The van der Waals surface area contributed by atoms with Gasteiger partial charge in [0.25, 0.3) is 0 Å². The number of hydrogen-bond donors (Lipinski definition) is 6. The zero-order valence-corrected chi connectivity index (χ0v) is 22.6. The van der Waals surface area contributed by atoms with Crippen molar-refractivity contribution in [2.45, 2.75) is 37.9 Å². The standard InChI is InChI=1S/C18H24N5O13P3/c1-2-10-3-5-11(6-4-10)34-38(28,29)36-39(30,31)35-37(26,27)32-7-12-14(24)15(25)18(33-12)23-9-22-13-16(19)20-8-21-17(13)23/h3-6,8-9,12,14-15,18,24-25H,2,7H2,1H3,(H,26,27)(H,28,29)(H,30,31)(H2,19,20,21)/t12-,14-,15-,18-/m1/s1. The number of rotatable bonds is 11. The minimum atomic E-state index is -5.73. The average Bonchev–Trinajstić information content (AvgIpc) is 3.38. The van der Waals surface area contributed by atoms with E-state index >= 15 is 0 Å². The summed E-state index contributed by atoms with van der Waals surface area (Å²) in [6.45, 7) is 0.932. The van der Waals surface area contributed by atoms with E-state index in [9.17, 15) is 38.6 Å². The molecular formula is C18H24N5O13P3. The molecule has 1 aliphatic heterocycles. The Labute approximate surface area is 219 Å². The van der Waals surface area contributed by atoms with Crippen molar-refractivity contribution >= 4 is 40.4 Å². The second-order valence-corrected chi connectivity index (χ2v) is 12.6. The summed E-state index contributed by atoms with van der Waals surface area (Å²) in [6, 6.07) is 5.74. The summed E-state index contributed by atoms with van der Waals surface area (Å²) >= 11 is 0. The van der Waals surface area contributed by atoms with E-state index in [1.54, 1.807) is 12.1 Å². The van der Waals surface area contributed by atoms with Gasteiger partial charge in [0, 0.05) is 0 Å². The lowest BCUT2D eigenvalue weighted by molar-refractivity contribution is -0.0503. The molecule has 0 radical (unpaired) electrons. The summed E-state index contributed by atoms with van der Waals surface area (Å²) in [6.07, 6.45) is -2.98. The Morgan fingerprint density at radius 3 is 2.31 bits per heavy atom. The van der Waals surface area contributed by atoms with E-state index in [1.165, 1.54) is 23.0 Å². The van der Waals surface area contributed by atoms with Gasteiger partial charge in [-0.15, -0.1) is 0 Å². The topological polar surface area (TPSA) is 268 Å². The van der Waals surface area contributed by atoms with Gasteiger partial charge in [0.15, 0.2) is 17.7 Å². The average molecular weight is 611 g/mol. The number of phosphoric acid groups is 3. The number of aliphatic hydroxyl groups is 2. The minimum absolute atomic E-state index is 0.0490. The number of ether oxygens (including phenoxy) is 1. The van der Waals surface area contributed by atoms with E-state index in [4.69, 9.17) is 10.5 Å². The van der Waals surface area contributed by atoms with Crippen LogP contribution in [0.4, 0.5) is 5.82 Å². The van der Waals surface area contributed by atoms with Crippen LogP contribution in [0, 0.1) is 0 Å². The number of anilines is 1. The minimum Gasteiger partial charge on any atom is -0.404 e. The predicted molar refractivity (Wildman–Crippen MR) is 130 cm³/mol. The molecule has 18 nitrogen and oxygen atoms in total. The first-order valence-corrected chi connectivity index (χ1v) is 15.5. The molecule has 0 spiro atoms. The second kappa shape index (κ2) is 11.3. The second-order valence-electron chi connectivity index (χ2n) is 8.08. The molecule has 3 aromatic rings. The van der Waals surface area contributed by atoms with Crippen molar-refractivity contribution in [1.29, 1.82) is 0 Å². The van der Waals surface area contributed by atoms with Gasteiger partial charge in [-0.3, -0.25) is 14.0 Å². The Balaban J connectivity index is 1.36. The van der Waals surface area contributed by atoms with Gasteiger partial charge in [0.1, 0.15) is 35.9 Å². The number of aromatic nitrogens is 4. The van der Waals surface area contributed by atoms with Crippen molar-refractivity contribution in [3.63, 3.8) is 0 Å². The Morgan fingerprint density at radius 1 is 0.974 bits per heavy atom. The molecule has 7 N–H and O–H groups in total. The van der Waals surface area contributed by atoms with Gasteiger partial charge in [-0.2, -0.15) is 8.62 Å².